The summed E-state index contributed by atoms with van der Waals surface area (Å²) in [6.07, 6.45) is 0.217. The number of rotatable bonds is 4. The van der Waals surface area contributed by atoms with Crippen molar-refractivity contribution in [2.45, 2.75) is 52.9 Å². The van der Waals surface area contributed by atoms with Gasteiger partial charge in [-0.3, -0.25) is 4.79 Å². The quantitative estimate of drug-likeness (QED) is 0.890. The summed E-state index contributed by atoms with van der Waals surface area (Å²) in [6, 6.07) is 7.53. The molecule has 0 unspecified atom stereocenters. The summed E-state index contributed by atoms with van der Waals surface area (Å²) < 4.78 is 5.51. The highest BCUT2D eigenvalue weighted by molar-refractivity contribution is 5.94. The molecule has 0 heterocycles. The molecule has 1 N–H and O–H groups in total. The van der Waals surface area contributed by atoms with Crippen molar-refractivity contribution in [1.29, 1.82) is 0 Å². The lowest BCUT2D eigenvalue weighted by molar-refractivity contribution is 0.0656. The third kappa shape index (κ3) is 5.32. The Morgan fingerprint density at radius 1 is 1.22 bits per heavy atom. The number of hydrogen-bond donors (Lipinski definition) is 1. The van der Waals surface area contributed by atoms with E-state index in [1.165, 1.54) is 0 Å². The van der Waals surface area contributed by atoms with E-state index in [0.717, 1.165) is 5.56 Å². The first-order chi connectivity index (χ1) is 8.28. The lowest BCUT2D eigenvalue weighted by atomic mass is 10.1. The van der Waals surface area contributed by atoms with E-state index in [1.807, 2.05) is 58.9 Å². The molecule has 3 nitrogen and oxygen atoms in total. The molecule has 3 heteroatoms. The third-order valence-corrected chi connectivity index (χ3v) is 2.29. The smallest absolute Gasteiger partial charge is 0.251 e. The van der Waals surface area contributed by atoms with E-state index in [4.69, 9.17) is 4.74 Å². The second-order valence-electron chi connectivity index (χ2n) is 5.76. The molecule has 0 spiro atoms. The van der Waals surface area contributed by atoms with Gasteiger partial charge in [-0.2, -0.15) is 0 Å². The molecule has 0 atom stereocenters. The number of carbonyl (C=O) groups excluding carboxylic acids is 1. The van der Waals surface area contributed by atoms with Crippen LogP contribution >= 0.6 is 0 Å². The topological polar surface area (TPSA) is 38.3 Å². The maximum atomic E-state index is 11.9. The molecule has 0 aliphatic carbocycles. The van der Waals surface area contributed by atoms with Gasteiger partial charge in [-0.25, -0.2) is 0 Å². The van der Waals surface area contributed by atoms with Crippen LogP contribution in [0.5, 0.6) is 0 Å². The Kier molecular flexibility index (Phi) is 4.91. The first-order valence-corrected chi connectivity index (χ1v) is 6.31. The number of nitrogens with one attached hydrogen (secondary N) is 1. The molecule has 0 aliphatic heterocycles. The van der Waals surface area contributed by atoms with Gasteiger partial charge < -0.3 is 10.1 Å². The van der Waals surface area contributed by atoms with E-state index in [1.54, 1.807) is 0 Å². The average molecular weight is 249 g/mol. The monoisotopic (exact) mass is 249 g/mol. The highest BCUT2D eigenvalue weighted by Crippen LogP contribution is 2.09. The Morgan fingerprint density at radius 2 is 1.78 bits per heavy atom. The fraction of sp³-hybridized carbons (Fsp3) is 0.533. The second-order valence-corrected chi connectivity index (χ2v) is 5.76. The van der Waals surface area contributed by atoms with Crippen LogP contribution in [0.3, 0.4) is 0 Å². The van der Waals surface area contributed by atoms with Crippen molar-refractivity contribution in [2.75, 3.05) is 0 Å². The van der Waals surface area contributed by atoms with Crippen molar-refractivity contribution < 1.29 is 9.53 Å². The molecule has 0 saturated heterocycles. The van der Waals surface area contributed by atoms with Gasteiger partial charge in [0.15, 0.2) is 0 Å². The minimum atomic E-state index is -0.212. The van der Waals surface area contributed by atoms with Crippen LogP contribution in [-0.2, 0) is 11.3 Å². The van der Waals surface area contributed by atoms with E-state index in [9.17, 15) is 4.79 Å². The van der Waals surface area contributed by atoms with Gasteiger partial charge in [0.1, 0.15) is 0 Å². The molecule has 1 aromatic carbocycles. The molecule has 1 rings (SSSR count). The summed E-state index contributed by atoms with van der Waals surface area (Å²) in [5.41, 5.74) is 1.55. The summed E-state index contributed by atoms with van der Waals surface area (Å²) in [7, 11) is 0. The number of benzene rings is 1. The first-order valence-electron chi connectivity index (χ1n) is 6.31. The Balaban J connectivity index is 2.62. The summed E-state index contributed by atoms with van der Waals surface area (Å²) >= 11 is 0. The maximum Gasteiger partial charge on any atom is 0.251 e. The lowest BCUT2D eigenvalue weighted by Gasteiger charge is -2.20. The van der Waals surface area contributed by atoms with Crippen molar-refractivity contribution in [2.24, 2.45) is 0 Å². The zero-order valence-corrected chi connectivity index (χ0v) is 11.9. The number of amides is 1. The molecule has 100 valence electrons. The minimum absolute atomic E-state index is 0.0428. The van der Waals surface area contributed by atoms with Crippen LogP contribution < -0.4 is 5.32 Å². The molecule has 0 aliphatic rings. The second kappa shape index (κ2) is 6.01. The van der Waals surface area contributed by atoms with E-state index < -0.39 is 0 Å². The molecule has 1 aromatic rings. The molecule has 0 bridgehead atoms. The molecule has 1 amide bonds. The normalized spacial score (nSPS) is 11.7. The Bertz CT molecular complexity index is 388. The van der Waals surface area contributed by atoms with Gasteiger partial charge in [0.05, 0.1) is 12.7 Å². The Morgan fingerprint density at radius 3 is 2.22 bits per heavy atom. The Hall–Kier alpha value is -1.35. The van der Waals surface area contributed by atoms with Crippen LogP contribution in [-0.4, -0.2) is 17.6 Å². The SMILES string of the molecule is CC(C)OCc1ccc(C(=O)NC(C)(C)C)cc1. The zero-order chi connectivity index (χ0) is 13.8. The van der Waals surface area contributed by atoms with Gasteiger partial charge >= 0.3 is 0 Å². The molecule has 0 aromatic heterocycles. The standard InChI is InChI=1S/C15H23NO2/c1-11(2)18-10-12-6-8-13(9-7-12)14(17)16-15(3,4)5/h6-9,11H,10H2,1-5H3,(H,16,17). The minimum Gasteiger partial charge on any atom is -0.374 e. The summed E-state index contributed by atoms with van der Waals surface area (Å²) in [6.45, 7) is 10.5. The van der Waals surface area contributed by atoms with Gasteiger partial charge in [0.2, 0.25) is 0 Å². The number of hydrogen-bond acceptors (Lipinski definition) is 2. The van der Waals surface area contributed by atoms with Gasteiger partial charge in [-0.15, -0.1) is 0 Å². The van der Waals surface area contributed by atoms with Gasteiger partial charge in [-0.1, -0.05) is 12.1 Å². The summed E-state index contributed by atoms with van der Waals surface area (Å²) in [5, 5.41) is 2.93. The van der Waals surface area contributed by atoms with Gasteiger partial charge in [0, 0.05) is 11.1 Å². The van der Waals surface area contributed by atoms with E-state index in [0.29, 0.717) is 12.2 Å². The van der Waals surface area contributed by atoms with Crippen molar-refractivity contribution >= 4 is 5.91 Å². The van der Waals surface area contributed by atoms with E-state index in [2.05, 4.69) is 5.32 Å². The molecule has 0 radical (unpaired) electrons. The van der Waals surface area contributed by atoms with Crippen molar-refractivity contribution in [3.63, 3.8) is 0 Å². The van der Waals surface area contributed by atoms with Crippen LogP contribution in [0.2, 0.25) is 0 Å². The highest BCUT2D eigenvalue weighted by atomic mass is 16.5. The predicted molar refractivity (Wildman–Crippen MR) is 73.6 cm³/mol. The first kappa shape index (κ1) is 14.7. The highest BCUT2D eigenvalue weighted by Gasteiger charge is 2.14. The molecule has 0 fully saturated rings. The summed E-state index contributed by atoms with van der Waals surface area (Å²) in [5.74, 6) is -0.0428. The van der Waals surface area contributed by atoms with Gasteiger partial charge in [-0.05, 0) is 52.3 Å². The fourth-order valence-corrected chi connectivity index (χ4v) is 1.43. The number of ether oxygens (including phenoxy) is 1. The van der Waals surface area contributed by atoms with Crippen LogP contribution in [0.4, 0.5) is 0 Å². The van der Waals surface area contributed by atoms with E-state index >= 15 is 0 Å². The van der Waals surface area contributed by atoms with Crippen molar-refractivity contribution in [3.8, 4) is 0 Å². The molecular weight excluding hydrogens is 226 g/mol. The summed E-state index contributed by atoms with van der Waals surface area (Å²) in [4.78, 5) is 11.9. The van der Waals surface area contributed by atoms with Gasteiger partial charge in [0.25, 0.3) is 5.91 Å². The molecule has 18 heavy (non-hydrogen) atoms. The zero-order valence-electron chi connectivity index (χ0n) is 11.9. The molecular formula is C15H23NO2. The van der Waals surface area contributed by atoms with E-state index in [-0.39, 0.29) is 17.6 Å². The van der Waals surface area contributed by atoms with Crippen LogP contribution in [0.15, 0.2) is 24.3 Å². The Labute approximate surface area is 110 Å². The third-order valence-electron chi connectivity index (χ3n) is 2.29. The molecule has 0 saturated carbocycles. The number of carbonyl (C=O) groups is 1. The lowest BCUT2D eigenvalue weighted by Crippen LogP contribution is -2.40. The van der Waals surface area contributed by atoms with Crippen LogP contribution in [0, 0.1) is 0 Å². The van der Waals surface area contributed by atoms with Crippen LogP contribution in [0.25, 0.3) is 0 Å². The average Bonchev–Trinajstić information content (AvgIpc) is 2.24. The fourth-order valence-electron chi connectivity index (χ4n) is 1.43. The van der Waals surface area contributed by atoms with Crippen molar-refractivity contribution in [1.82, 2.24) is 5.32 Å². The largest absolute Gasteiger partial charge is 0.374 e. The van der Waals surface area contributed by atoms with Crippen LogP contribution in [0.1, 0.15) is 50.5 Å². The predicted octanol–water partition coefficient (Wildman–Crippen LogP) is 3.14. The maximum absolute atomic E-state index is 11.9. The van der Waals surface area contributed by atoms with Crippen molar-refractivity contribution in [3.05, 3.63) is 35.4 Å².